The number of carbonyl (C=O) groups excluding carboxylic acids is 1. The standard InChI is InChI=1S/C21H23F3N2O.ClH/c1-13(14-6-8-25-9-7-14)10-20(27)26-19-5-3-2-4-16(19)15-11-17(22)21(24)18(23)12-15;/h2-5,11-14,25H,6-10H2,1H3,(H,26,27);1H. The number of hydrogen-bond acceptors (Lipinski definition) is 2. The van der Waals surface area contributed by atoms with Crippen molar-refractivity contribution in [3.05, 3.63) is 53.8 Å². The van der Waals surface area contributed by atoms with Gasteiger partial charge in [0.05, 0.1) is 0 Å². The lowest BCUT2D eigenvalue weighted by Gasteiger charge is -2.28. The summed E-state index contributed by atoms with van der Waals surface area (Å²) in [5.74, 6) is -3.41. The lowest BCUT2D eigenvalue weighted by Crippen LogP contribution is -2.32. The van der Waals surface area contributed by atoms with Crippen molar-refractivity contribution < 1.29 is 18.0 Å². The highest BCUT2D eigenvalue weighted by Crippen LogP contribution is 2.31. The fourth-order valence-corrected chi connectivity index (χ4v) is 3.63. The number of halogens is 4. The van der Waals surface area contributed by atoms with Crippen LogP contribution in [-0.4, -0.2) is 19.0 Å². The molecule has 0 bridgehead atoms. The van der Waals surface area contributed by atoms with Crippen molar-refractivity contribution in [2.45, 2.75) is 26.2 Å². The number of hydrogen-bond donors (Lipinski definition) is 2. The molecule has 3 nitrogen and oxygen atoms in total. The average molecular weight is 413 g/mol. The van der Waals surface area contributed by atoms with Crippen LogP contribution in [0.1, 0.15) is 26.2 Å². The second-order valence-electron chi connectivity index (χ2n) is 7.12. The summed E-state index contributed by atoms with van der Waals surface area (Å²) in [4.78, 5) is 12.5. The Hall–Kier alpha value is -2.05. The van der Waals surface area contributed by atoms with Crippen molar-refractivity contribution in [1.82, 2.24) is 5.32 Å². The number of rotatable bonds is 5. The van der Waals surface area contributed by atoms with Gasteiger partial charge in [0.25, 0.3) is 0 Å². The minimum Gasteiger partial charge on any atom is -0.326 e. The normalized spacial score (nSPS) is 15.6. The maximum atomic E-state index is 13.6. The van der Waals surface area contributed by atoms with Crippen LogP contribution in [0.15, 0.2) is 36.4 Å². The highest BCUT2D eigenvalue weighted by Gasteiger charge is 2.22. The molecule has 0 spiro atoms. The Bertz CT molecular complexity index is 802. The van der Waals surface area contributed by atoms with Crippen LogP contribution in [-0.2, 0) is 4.79 Å². The van der Waals surface area contributed by atoms with E-state index in [1.54, 1.807) is 24.3 Å². The van der Waals surface area contributed by atoms with E-state index in [4.69, 9.17) is 0 Å². The van der Waals surface area contributed by atoms with Crippen LogP contribution in [0.25, 0.3) is 11.1 Å². The van der Waals surface area contributed by atoms with Gasteiger partial charge >= 0.3 is 0 Å². The summed E-state index contributed by atoms with van der Waals surface area (Å²) in [6, 6.07) is 8.59. The molecule has 0 radical (unpaired) electrons. The summed E-state index contributed by atoms with van der Waals surface area (Å²) >= 11 is 0. The smallest absolute Gasteiger partial charge is 0.224 e. The van der Waals surface area contributed by atoms with Crippen molar-refractivity contribution in [3.8, 4) is 11.1 Å². The molecule has 1 amide bonds. The maximum Gasteiger partial charge on any atom is 0.224 e. The summed E-state index contributed by atoms with van der Waals surface area (Å²) in [5.41, 5.74) is 1.07. The van der Waals surface area contributed by atoms with Gasteiger partial charge in [-0.3, -0.25) is 4.79 Å². The van der Waals surface area contributed by atoms with Crippen LogP contribution in [0.2, 0.25) is 0 Å². The Morgan fingerprint density at radius 3 is 2.39 bits per heavy atom. The number of anilines is 1. The topological polar surface area (TPSA) is 41.1 Å². The zero-order valence-electron chi connectivity index (χ0n) is 15.6. The third kappa shape index (κ3) is 5.26. The lowest BCUT2D eigenvalue weighted by molar-refractivity contribution is -0.117. The lowest BCUT2D eigenvalue weighted by atomic mass is 9.84. The van der Waals surface area contributed by atoms with E-state index in [9.17, 15) is 18.0 Å². The summed E-state index contributed by atoms with van der Waals surface area (Å²) in [6.07, 6.45) is 2.49. The summed E-state index contributed by atoms with van der Waals surface area (Å²) in [5, 5.41) is 6.15. The van der Waals surface area contributed by atoms with Crippen molar-refractivity contribution in [2.75, 3.05) is 18.4 Å². The fourth-order valence-electron chi connectivity index (χ4n) is 3.63. The molecule has 0 saturated carbocycles. The zero-order chi connectivity index (χ0) is 19.4. The molecule has 2 aromatic rings. The maximum absolute atomic E-state index is 13.6. The van der Waals surface area contributed by atoms with Crippen molar-refractivity contribution in [2.24, 2.45) is 11.8 Å². The molecule has 28 heavy (non-hydrogen) atoms. The Morgan fingerprint density at radius 1 is 1.14 bits per heavy atom. The Kier molecular flexibility index (Phi) is 7.89. The van der Waals surface area contributed by atoms with Crippen LogP contribution in [0.4, 0.5) is 18.9 Å². The van der Waals surface area contributed by atoms with Crippen LogP contribution < -0.4 is 10.6 Å². The Labute approximate surface area is 169 Å². The van der Waals surface area contributed by atoms with Gasteiger partial charge < -0.3 is 10.6 Å². The first-order chi connectivity index (χ1) is 13.0. The highest BCUT2D eigenvalue weighted by molar-refractivity contribution is 5.95. The Morgan fingerprint density at radius 2 is 1.75 bits per heavy atom. The van der Waals surface area contributed by atoms with E-state index in [0.717, 1.165) is 38.1 Å². The predicted octanol–water partition coefficient (Wildman–Crippen LogP) is 5.16. The molecule has 1 aliphatic heterocycles. The van der Waals surface area contributed by atoms with Crippen molar-refractivity contribution in [3.63, 3.8) is 0 Å². The highest BCUT2D eigenvalue weighted by atomic mass is 35.5. The van der Waals surface area contributed by atoms with Gasteiger partial charge in [0.1, 0.15) is 0 Å². The van der Waals surface area contributed by atoms with E-state index in [2.05, 4.69) is 17.6 Å². The second-order valence-corrected chi connectivity index (χ2v) is 7.12. The van der Waals surface area contributed by atoms with Gasteiger partial charge in [-0.1, -0.05) is 25.1 Å². The molecule has 1 aliphatic rings. The van der Waals surface area contributed by atoms with Gasteiger partial charge in [-0.2, -0.15) is 0 Å². The van der Waals surface area contributed by atoms with Gasteiger partial charge in [0.15, 0.2) is 17.5 Å². The minimum absolute atomic E-state index is 0. The van der Waals surface area contributed by atoms with E-state index >= 15 is 0 Å². The number of carbonyl (C=O) groups is 1. The van der Waals surface area contributed by atoms with E-state index in [1.165, 1.54) is 0 Å². The molecule has 2 N–H and O–H groups in total. The van der Waals surface area contributed by atoms with Crippen LogP contribution in [0, 0.1) is 29.3 Å². The molecular weight excluding hydrogens is 389 g/mol. The number of nitrogens with one attached hydrogen (secondary N) is 2. The molecule has 1 saturated heterocycles. The minimum atomic E-state index is -1.50. The molecule has 7 heteroatoms. The van der Waals surface area contributed by atoms with Crippen molar-refractivity contribution >= 4 is 24.0 Å². The first-order valence-corrected chi connectivity index (χ1v) is 9.20. The number of benzene rings is 2. The molecule has 0 aliphatic carbocycles. The quantitative estimate of drug-likeness (QED) is 0.666. The van der Waals surface area contributed by atoms with Gasteiger partial charge in [-0.25, -0.2) is 13.2 Å². The first-order valence-electron chi connectivity index (χ1n) is 9.20. The SMILES string of the molecule is CC(CC(=O)Nc1ccccc1-c1cc(F)c(F)c(F)c1)C1CCNCC1.Cl. The van der Waals surface area contributed by atoms with Gasteiger partial charge in [0.2, 0.25) is 5.91 Å². The number of para-hydroxylation sites is 1. The second kappa shape index (κ2) is 9.94. The molecule has 3 rings (SSSR count). The first kappa shape index (κ1) is 22.2. The third-order valence-corrected chi connectivity index (χ3v) is 5.19. The molecule has 2 aromatic carbocycles. The number of amides is 1. The van der Waals surface area contributed by atoms with Crippen LogP contribution in [0.3, 0.4) is 0 Å². The van der Waals surface area contributed by atoms with E-state index in [0.29, 0.717) is 23.6 Å². The van der Waals surface area contributed by atoms with Crippen LogP contribution >= 0.6 is 12.4 Å². The molecule has 0 aromatic heterocycles. The monoisotopic (exact) mass is 412 g/mol. The molecule has 1 fully saturated rings. The molecule has 1 heterocycles. The fraction of sp³-hybridized carbons (Fsp3) is 0.381. The van der Waals surface area contributed by atoms with Gasteiger partial charge in [0, 0.05) is 17.7 Å². The predicted molar refractivity (Wildman–Crippen MR) is 107 cm³/mol. The zero-order valence-corrected chi connectivity index (χ0v) is 16.4. The molecule has 1 unspecified atom stereocenters. The largest absolute Gasteiger partial charge is 0.326 e. The number of piperidine rings is 1. The molecule has 152 valence electrons. The van der Waals surface area contributed by atoms with E-state index < -0.39 is 17.5 Å². The van der Waals surface area contributed by atoms with E-state index in [1.807, 2.05) is 0 Å². The average Bonchev–Trinajstić information content (AvgIpc) is 2.66. The summed E-state index contributed by atoms with van der Waals surface area (Å²) in [6.45, 7) is 4.02. The summed E-state index contributed by atoms with van der Waals surface area (Å²) in [7, 11) is 0. The van der Waals surface area contributed by atoms with Crippen LogP contribution in [0.5, 0.6) is 0 Å². The molecule has 1 atom stereocenters. The van der Waals surface area contributed by atoms with Gasteiger partial charge in [-0.05, 0) is 61.5 Å². The van der Waals surface area contributed by atoms with Crippen molar-refractivity contribution in [1.29, 1.82) is 0 Å². The third-order valence-electron chi connectivity index (χ3n) is 5.19. The Balaban J connectivity index is 0.00000280. The van der Waals surface area contributed by atoms with E-state index in [-0.39, 0.29) is 29.8 Å². The molecular formula is C21H24ClF3N2O. The van der Waals surface area contributed by atoms with Gasteiger partial charge in [-0.15, -0.1) is 12.4 Å². The summed E-state index contributed by atoms with van der Waals surface area (Å²) < 4.78 is 40.4.